The summed E-state index contributed by atoms with van der Waals surface area (Å²) in [5, 5.41) is 3.65. The van der Waals surface area contributed by atoms with Gasteiger partial charge in [-0.1, -0.05) is 59.3 Å². The first-order chi connectivity index (χ1) is 9.18. The van der Waals surface area contributed by atoms with Crippen molar-refractivity contribution in [3.05, 3.63) is 0 Å². The van der Waals surface area contributed by atoms with Gasteiger partial charge in [-0.15, -0.1) is 0 Å². The lowest BCUT2D eigenvalue weighted by Gasteiger charge is -2.28. The van der Waals surface area contributed by atoms with E-state index in [2.05, 4.69) is 26.1 Å². The number of nitrogens with one attached hydrogen (secondary N) is 1. The van der Waals surface area contributed by atoms with E-state index in [1.807, 2.05) is 0 Å². The number of ether oxygens (including phenoxy) is 1. The molecule has 0 aromatic heterocycles. The monoisotopic (exact) mass is 269 g/mol. The van der Waals surface area contributed by atoms with Crippen LogP contribution in [0.3, 0.4) is 0 Å². The molecule has 1 fully saturated rings. The maximum atomic E-state index is 5.67. The van der Waals surface area contributed by atoms with Gasteiger partial charge < -0.3 is 10.1 Å². The van der Waals surface area contributed by atoms with Crippen molar-refractivity contribution in [1.29, 1.82) is 0 Å². The summed E-state index contributed by atoms with van der Waals surface area (Å²) < 4.78 is 5.67. The molecule has 0 spiro atoms. The molecule has 0 aromatic carbocycles. The molecule has 0 bridgehead atoms. The zero-order chi connectivity index (χ0) is 14.0. The SMILES string of the molecule is CCCCCCCCC1(CNCC(C)C)CCOC1. The normalized spacial score (nSPS) is 23.4. The molecular formula is C17H35NO. The number of hydrogen-bond donors (Lipinski definition) is 1. The third-order valence-corrected chi connectivity index (χ3v) is 4.30. The highest BCUT2D eigenvalue weighted by Gasteiger charge is 2.33. The van der Waals surface area contributed by atoms with Gasteiger partial charge in [0.15, 0.2) is 0 Å². The minimum absolute atomic E-state index is 0.444. The standard InChI is InChI=1S/C17H35NO/c1-4-5-6-7-8-9-10-17(11-12-19-15-17)14-18-13-16(2)3/h16,18H,4-15H2,1-3H3. The van der Waals surface area contributed by atoms with Gasteiger partial charge in [0.25, 0.3) is 0 Å². The van der Waals surface area contributed by atoms with Gasteiger partial charge in [0.05, 0.1) is 6.61 Å². The van der Waals surface area contributed by atoms with E-state index in [1.54, 1.807) is 0 Å². The lowest BCUT2D eigenvalue weighted by molar-refractivity contribution is 0.141. The zero-order valence-corrected chi connectivity index (χ0v) is 13.5. The fourth-order valence-corrected chi connectivity index (χ4v) is 2.98. The lowest BCUT2D eigenvalue weighted by Crippen LogP contribution is -2.36. The second kappa shape index (κ2) is 9.77. The predicted octanol–water partition coefficient (Wildman–Crippen LogP) is 4.39. The Labute approximate surface area is 120 Å². The van der Waals surface area contributed by atoms with E-state index in [1.165, 1.54) is 51.4 Å². The van der Waals surface area contributed by atoms with Gasteiger partial charge in [0, 0.05) is 18.6 Å². The largest absolute Gasteiger partial charge is 0.381 e. The maximum Gasteiger partial charge on any atom is 0.0535 e. The highest BCUT2D eigenvalue weighted by Crippen LogP contribution is 2.33. The van der Waals surface area contributed by atoms with Crippen molar-refractivity contribution in [2.45, 2.75) is 72.1 Å². The molecule has 1 heterocycles. The van der Waals surface area contributed by atoms with Crippen LogP contribution in [0.4, 0.5) is 0 Å². The van der Waals surface area contributed by atoms with Crippen molar-refractivity contribution in [1.82, 2.24) is 5.32 Å². The molecule has 1 atom stereocenters. The first kappa shape index (κ1) is 17.0. The Morgan fingerprint density at radius 1 is 1.11 bits per heavy atom. The van der Waals surface area contributed by atoms with Gasteiger partial charge in [-0.25, -0.2) is 0 Å². The molecule has 0 radical (unpaired) electrons. The van der Waals surface area contributed by atoms with E-state index >= 15 is 0 Å². The molecule has 1 saturated heterocycles. The van der Waals surface area contributed by atoms with Gasteiger partial charge >= 0.3 is 0 Å². The van der Waals surface area contributed by atoms with Gasteiger partial charge in [0.1, 0.15) is 0 Å². The van der Waals surface area contributed by atoms with Gasteiger partial charge in [-0.3, -0.25) is 0 Å². The minimum atomic E-state index is 0.444. The second-order valence-electron chi connectivity index (χ2n) is 6.85. The van der Waals surface area contributed by atoms with Crippen LogP contribution >= 0.6 is 0 Å². The number of hydrogen-bond acceptors (Lipinski definition) is 2. The van der Waals surface area contributed by atoms with Crippen LogP contribution in [0.1, 0.15) is 72.1 Å². The first-order valence-electron chi connectivity index (χ1n) is 8.47. The summed E-state index contributed by atoms with van der Waals surface area (Å²) in [5.41, 5.74) is 0.444. The molecule has 114 valence electrons. The summed E-state index contributed by atoms with van der Waals surface area (Å²) in [4.78, 5) is 0. The van der Waals surface area contributed by atoms with Crippen LogP contribution < -0.4 is 5.32 Å². The van der Waals surface area contributed by atoms with Crippen molar-refractivity contribution >= 4 is 0 Å². The molecule has 1 unspecified atom stereocenters. The number of unbranched alkanes of at least 4 members (excludes halogenated alkanes) is 5. The molecule has 1 aliphatic heterocycles. The summed E-state index contributed by atoms with van der Waals surface area (Å²) in [6.07, 6.45) is 11.0. The first-order valence-corrected chi connectivity index (χ1v) is 8.47. The van der Waals surface area contributed by atoms with E-state index in [-0.39, 0.29) is 0 Å². The Morgan fingerprint density at radius 2 is 1.84 bits per heavy atom. The average Bonchev–Trinajstić information content (AvgIpc) is 2.82. The predicted molar refractivity (Wildman–Crippen MR) is 83.6 cm³/mol. The van der Waals surface area contributed by atoms with E-state index in [9.17, 15) is 0 Å². The van der Waals surface area contributed by atoms with E-state index in [0.29, 0.717) is 5.41 Å². The van der Waals surface area contributed by atoms with Crippen molar-refractivity contribution in [2.75, 3.05) is 26.3 Å². The van der Waals surface area contributed by atoms with E-state index < -0.39 is 0 Å². The Balaban J connectivity index is 2.16. The molecule has 0 aromatic rings. The summed E-state index contributed by atoms with van der Waals surface area (Å²) >= 11 is 0. The van der Waals surface area contributed by atoms with Gasteiger partial charge in [0.2, 0.25) is 0 Å². The van der Waals surface area contributed by atoms with E-state index in [0.717, 1.165) is 32.2 Å². The molecule has 19 heavy (non-hydrogen) atoms. The van der Waals surface area contributed by atoms with Crippen LogP contribution in [0, 0.1) is 11.3 Å². The third-order valence-electron chi connectivity index (χ3n) is 4.30. The summed E-state index contributed by atoms with van der Waals surface area (Å²) in [7, 11) is 0. The van der Waals surface area contributed by atoms with Crippen molar-refractivity contribution in [3.63, 3.8) is 0 Å². The molecule has 1 aliphatic rings. The minimum Gasteiger partial charge on any atom is -0.381 e. The molecule has 2 heteroatoms. The van der Waals surface area contributed by atoms with Crippen LogP contribution in [0.25, 0.3) is 0 Å². The molecule has 1 N–H and O–H groups in total. The van der Waals surface area contributed by atoms with Crippen LogP contribution in [0.15, 0.2) is 0 Å². The topological polar surface area (TPSA) is 21.3 Å². The summed E-state index contributed by atoms with van der Waals surface area (Å²) in [6.45, 7) is 11.1. The van der Waals surface area contributed by atoms with Crippen LogP contribution in [-0.2, 0) is 4.74 Å². The third kappa shape index (κ3) is 7.31. The van der Waals surface area contributed by atoms with Crippen molar-refractivity contribution in [3.8, 4) is 0 Å². The van der Waals surface area contributed by atoms with Crippen molar-refractivity contribution < 1.29 is 4.74 Å². The van der Waals surface area contributed by atoms with Crippen LogP contribution in [0.5, 0.6) is 0 Å². The summed E-state index contributed by atoms with van der Waals surface area (Å²) in [6, 6.07) is 0. The molecule has 2 nitrogen and oxygen atoms in total. The molecular weight excluding hydrogens is 234 g/mol. The fraction of sp³-hybridized carbons (Fsp3) is 1.00. The lowest BCUT2D eigenvalue weighted by atomic mass is 9.81. The molecule has 0 saturated carbocycles. The Bertz CT molecular complexity index is 209. The number of rotatable bonds is 11. The Morgan fingerprint density at radius 3 is 2.47 bits per heavy atom. The summed E-state index contributed by atoms with van der Waals surface area (Å²) in [5.74, 6) is 0.744. The van der Waals surface area contributed by atoms with Crippen LogP contribution in [-0.4, -0.2) is 26.3 Å². The Kier molecular flexibility index (Phi) is 8.72. The highest BCUT2D eigenvalue weighted by molar-refractivity contribution is 4.85. The van der Waals surface area contributed by atoms with Crippen molar-refractivity contribution in [2.24, 2.45) is 11.3 Å². The fourth-order valence-electron chi connectivity index (χ4n) is 2.98. The molecule has 0 aliphatic carbocycles. The van der Waals surface area contributed by atoms with Gasteiger partial charge in [-0.2, -0.15) is 0 Å². The molecule has 1 rings (SSSR count). The Hall–Kier alpha value is -0.0800. The maximum absolute atomic E-state index is 5.67. The van der Waals surface area contributed by atoms with Gasteiger partial charge in [-0.05, 0) is 25.3 Å². The smallest absolute Gasteiger partial charge is 0.0535 e. The van der Waals surface area contributed by atoms with E-state index in [4.69, 9.17) is 4.74 Å². The van der Waals surface area contributed by atoms with Crippen LogP contribution in [0.2, 0.25) is 0 Å². The second-order valence-corrected chi connectivity index (χ2v) is 6.85. The molecule has 0 amide bonds. The average molecular weight is 269 g/mol. The quantitative estimate of drug-likeness (QED) is 0.562. The highest BCUT2D eigenvalue weighted by atomic mass is 16.5. The zero-order valence-electron chi connectivity index (χ0n) is 13.5.